The van der Waals surface area contributed by atoms with Crippen LogP contribution in [0.2, 0.25) is 0 Å². The third-order valence-electron chi connectivity index (χ3n) is 0.830. The van der Waals surface area contributed by atoms with Gasteiger partial charge in [0.05, 0.1) is 21.1 Å². The van der Waals surface area contributed by atoms with Crippen LogP contribution in [0.15, 0.2) is 0 Å². The normalized spacial score (nSPS) is 17.9. The molecular weight excluding hydrogens is 169 g/mol. The average molecular weight is 182 g/mol. The van der Waals surface area contributed by atoms with Gasteiger partial charge in [0, 0.05) is 0 Å². The van der Waals surface area contributed by atoms with E-state index in [-0.39, 0.29) is 0 Å². The molecule has 0 saturated carbocycles. The fourth-order valence-corrected chi connectivity index (χ4v) is 0.606. The first-order chi connectivity index (χ1) is 4.71. The highest BCUT2D eigenvalue weighted by molar-refractivity contribution is 7.44. The Labute approximate surface area is 66.4 Å². The van der Waals surface area contributed by atoms with Gasteiger partial charge in [0.25, 0.3) is 7.82 Å². The van der Waals surface area contributed by atoms with E-state index in [1.165, 1.54) is 0 Å². The van der Waals surface area contributed by atoms with E-state index in [9.17, 15) is 9.46 Å². The van der Waals surface area contributed by atoms with Crippen LogP contribution < -0.4 is 4.89 Å². The van der Waals surface area contributed by atoms with E-state index in [1.807, 2.05) is 21.1 Å². The van der Waals surface area contributed by atoms with Crippen LogP contribution in [-0.2, 0) is 9.09 Å². The van der Waals surface area contributed by atoms with Crippen LogP contribution in [-0.4, -0.2) is 37.1 Å². The van der Waals surface area contributed by atoms with Crippen LogP contribution >= 0.6 is 7.82 Å². The number of phosphoric acid groups is 1. The Kier molecular flexibility index (Phi) is 3.67. The van der Waals surface area contributed by atoms with E-state index < -0.39 is 7.82 Å². The molecule has 0 aromatic carbocycles. The molecule has 11 heavy (non-hydrogen) atoms. The number of quaternary nitrogens is 1. The predicted molar refractivity (Wildman–Crippen MR) is 38.1 cm³/mol. The monoisotopic (exact) mass is 182 g/mol. The highest BCUT2D eigenvalue weighted by Gasteiger charge is 2.09. The van der Waals surface area contributed by atoms with E-state index in [0.717, 1.165) is 6.61 Å². The second kappa shape index (κ2) is 3.65. The summed E-state index contributed by atoms with van der Waals surface area (Å²) >= 11 is 0. The van der Waals surface area contributed by atoms with E-state index in [0.29, 0.717) is 11.0 Å². The van der Waals surface area contributed by atoms with Gasteiger partial charge in [0.2, 0.25) is 0 Å². The molecule has 0 rings (SSSR count). The maximum Gasteiger partial charge on any atom is 0.265 e. The van der Waals surface area contributed by atoms with Crippen molar-refractivity contribution in [3.8, 4) is 0 Å². The van der Waals surface area contributed by atoms with Gasteiger partial charge in [-0.15, -0.1) is 0 Å². The summed E-state index contributed by atoms with van der Waals surface area (Å²) in [5, 5.41) is 0. The predicted octanol–water partition coefficient (Wildman–Crippen LogP) is -0.668. The Hall–Kier alpha value is 0.0700. The molecule has 0 heterocycles. The summed E-state index contributed by atoms with van der Waals surface area (Å²) in [6, 6.07) is 0. The molecule has 1 radical (unpaired) electrons. The smallest absolute Gasteiger partial charge is 0.265 e. The summed E-state index contributed by atoms with van der Waals surface area (Å²) < 4.78 is 14.6. The zero-order chi connectivity index (χ0) is 9.12. The van der Waals surface area contributed by atoms with Gasteiger partial charge in [0.15, 0.2) is 0 Å². The van der Waals surface area contributed by atoms with Gasteiger partial charge < -0.3 is 18.8 Å². The Bertz CT molecular complexity index is 158. The lowest BCUT2D eigenvalue weighted by Gasteiger charge is -2.24. The minimum atomic E-state index is -4.57. The molecule has 0 aliphatic heterocycles. The molecule has 0 fully saturated rings. The van der Waals surface area contributed by atoms with Gasteiger partial charge in [0.1, 0.15) is 13.2 Å². The van der Waals surface area contributed by atoms with Crippen LogP contribution in [0.1, 0.15) is 0 Å². The van der Waals surface area contributed by atoms with Gasteiger partial charge in [-0.25, -0.2) is 0 Å². The van der Waals surface area contributed by atoms with Crippen molar-refractivity contribution in [1.29, 1.82) is 0 Å². The number of hydrogen-bond donors (Lipinski definition) is 1. The average Bonchev–Trinajstić information content (AvgIpc) is 1.55. The van der Waals surface area contributed by atoms with E-state index in [1.54, 1.807) is 0 Å². The van der Waals surface area contributed by atoms with Crippen LogP contribution in [0, 0.1) is 6.61 Å². The molecule has 0 amide bonds. The minimum Gasteiger partial charge on any atom is -0.756 e. The van der Waals surface area contributed by atoms with E-state index in [2.05, 4.69) is 4.52 Å². The van der Waals surface area contributed by atoms with Crippen molar-refractivity contribution in [3.05, 3.63) is 6.61 Å². The molecule has 5 nitrogen and oxygen atoms in total. The van der Waals surface area contributed by atoms with E-state index >= 15 is 0 Å². The molecule has 6 heteroatoms. The van der Waals surface area contributed by atoms with Gasteiger partial charge in [-0.3, -0.25) is 4.57 Å². The Balaban J connectivity index is 3.52. The first kappa shape index (κ1) is 11.1. The van der Waals surface area contributed by atoms with Crippen LogP contribution in [0.5, 0.6) is 0 Å². The first-order valence-electron chi connectivity index (χ1n) is 3.05. The zero-order valence-corrected chi connectivity index (χ0v) is 7.75. The number of nitrogens with zero attached hydrogens (tertiary/aromatic N) is 1. The van der Waals surface area contributed by atoms with Crippen molar-refractivity contribution in [2.24, 2.45) is 0 Å². The molecule has 0 aliphatic rings. The lowest BCUT2D eigenvalue weighted by Crippen LogP contribution is -2.35. The number of rotatable bonds is 4. The molecular formula is C5H13NO4P. The largest absolute Gasteiger partial charge is 0.756 e. The van der Waals surface area contributed by atoms with Gasteiger partial charge in [-0.2, -0.15) is 0 Å². The van der Waals surface area contributed by atoms with Gasteiger partial charge in [-0.05, 0) is 0 Å². The Morgan fingerprint density at radius 2 is 2.09 bits per heavy atom. The fraction of sp³-hybridized carbons (Fsp3) is 0.800. The SMILES string of the molecule is C[N+](C)(C)C[CH]OP(=O)([O-])O. The van der Waals surface area contributed by atoms with Crippen LogP contribution in [0.25, 0.3) is 0 Å². The third-order valence-corrected chi connectivity index (χ3v) is 1.25. The van der Waals surface area contributed by atoms with Crippen molar-refractivity contribution in [2.75, 3.05) is 27.7 Å². The number of likely N-dealkylation sites (N-methyl/N-ethyl adjacent to an activating group) is 1. The number of phosphoric ester groups is 1. The van der Waals surface area contributed by atoms with Gasteiger partial charge >= 0.3 is 0 Å². The first-order valence-corrected chi connectivity index (χ1v) is 4.54. The highest BCUT2D eigenvalue weighted by atomic mass is 31.2. The summed E-state index contributed by atoms with van der Waals surface area (Å²) in [6.07, 6.45) is 0. The van der Waals surface area contributed by atoms with Crippen LogP contribution in [0.4, 0.5) is 0 Å². The molecule has 0 aliphatic carbocycles. The summed E-state index contributed by atoms with van der Waals surface area (Å²) in [5.41, 5.74) is 0. The lowest BCUT2D eigenvalue weighted by atomic mass is 10.5. The zero-order valence-electron chi connectivity index (χ0n) is 6.85. The molecule has 1 atom stereocenters. The summed E-state index contributed by atoms with van der Waals surface area (Å²) in [5.74, 6) is 0. The second-order valence-corrected chi connectivity index (χ2v) is 4.36. The van der Waals surface area contributed by atoms with Crippen LogP contribution in [0.3, 0.4) is 0 Å². The second-order valence-electron chi connectivity index (χ2n) is 3.21. The third kappa shape index (κ3) is 10.1. The maximum absolute atomic E-state index is 10.0. The van der Waals surface area contributed by atoms with E-state index in [4.69, 9.17) is 4.89 Å². The molecule has 67 valence electrons. The quantitative estimate of drug-likeness (QED) is 0.462. The van der Waals surface area contributed by atoms with Crippen molar-refractivity contribution < 1.29 is 23.4 Å². The van der Waals surface area contributed by atoms with Crippen molar-refractivity contribution in [3.63, 3.8) is 0 Å². The molecule has 0 bridgehead atoms. The topological polar surface area (TPSA) is 69.6 Å². The molecule has 0 aromatic rings. The molecule has 1 N–H and O–H groups in total. The summed E-state index contributed by atoms with van der Waals surface area (Å²) in [6.45, 7) is 1.47. The molecule has 0 spiro atoms. The van der Waals surface area contributed by atoms with Gasteiger partial charge in [-0.1, -0.05) is 0 Å². The maximum atomic E-state index is 10.0. The number of hydrogen-bond acceptors (Lipinski definition) is 3. The Morgan fingerprint density at radius 1 is 1.64 bits per heavy atom. The Morgan fingerprint density at radius 3 is 2.36 bits per heavy atom. The molecule has 0 aromatic heterocycles. The summed E-state index contributed by atoms with van der Waals surface area (Å²) in [7, 11) is 1.04. The lowest BCUT2D eigenvalue weighted by molar-refractivity contribution is -0.867. The molecule has 0 saturated heterocycles. The van der Waals surface area contributed by atoms with Crippen molar-refractivity contribution >= 4 is 7.82 Å². The van der Waals surface area contributed by atoms with Crippen molar-refractivity contribution in [1.82, 2.24) is 0 Å². The fourth-order valence-electron chi connectivity index (χ4n) is 0.351. The molecule has 1 unspecified atom stereocenters. The highest BCUT2D eigenvalue weighted by Crippen LogP contribution is 2.31. The standard InChI is InChI=1S/C5H13NO4P/c1-6(2,3)4-5-10-11(7,8)9/h5H,4H2,1-3H3,(H-,7,8,9). The summed E-state index contributed by atoms with van der Waals surface area (Å²) in [4.78, 5) is 18.2. The van der Waals surface area contributed by atoms with Crippen molar-refractivity contribution in [2.45, 2.75) is 0 Å². The minimum absolute atomic E-state index is 0.410.